The van der Waals surface area contributed by atoms with Gasteiger partial charge in [-0.15, -0.1) is 0 Å². The molecule has 4 heteroatoms. The first-order valence-electron chi connectivity index (χ1n) is 5.16. The number of nitrogens with zero attached hydrogens (tertiary/aromatic N) is 1. The SMILES string of the molecule is CC/C=C\N=C\C1=C(OC)C(F)=CC(F)C1. The van der Waals surface area contributed by atoms with Gasteiger partial charge in [0.05, 0.1) is 7.11 Å². The molecule has 0 saturated heterocycles. The Kier molecular flexibility index (Phi) is 4.89. The van der Waals surface area contributed by atoms with Gasteiger partial charge in [-0.3, -0.25) is 4.99 Å². The summed E-state index contributed by atoms with van der Waals surface area (Å²) in [6.07, 6.45) is 5.46. The maximum Gasteiger partial charge on any atom is 0.164 e. The van der Waals surface area contributed by atoms with E-state index in [0.29, 0.717) is 5.57 Å². The number of hydrogen-bond donors (Lipinski definition) is 0. The molecule has 0 heterocycles. The lowest BCUT2D eigenvalue weighted by Crippen LogP contribution is -2.10. The van der Waals surface area contributed by atoms with Crippen molar-refractivity contribution in [1.82, 2.24) is 0 Å². The lowest BCUT2D eigenvalue weighted by Gasteiger charge is -2.15. The van der Waals surface area contributed by atoms with E-state index in [1.54, 1.807) is 6.20 Å². The molecule has 88 valence electrons. The Hall–Kier alpha value is -1.45. The van der Waals surface area contributed by atoms with Crippen LogP contribution in [-0.2, 0) is 4.74 Å². The predicted octanol–water partition coefficient (Wildman–Crippen LogP) is 3.48. The Morgan fingerprint density at radius 3 is 3.00 bits per heavy atom. The molecule has 0 N–H and O–H groups in total. The van der Waals surface area contributed by atoms with Gasteiger partial charge in [-0.2, -0.15) is 0 Å². The zero-order valence-electron chi connectivity index (χ0n) is 9.41. The third-order valence-corrected chi connectivity index (χ3v) is 2.11. The Labute approximate surface area is 94.0 Å². The molecule has 0 saturated carbocycles. The molecule has 0 bridgehead atoms. The molecular weight excluding hydrogens is 212 g/mol. The monoisotopic (exact) mass is 227 g/mol. The highest BCUT2D eigenvalue weighted by Crippen LogP contribution is 2.27. The second kappa shape index (κ2) is 6.20. The first-order valence-corrected chi connectivity index (χ1v) is 5.16. The van der Waals surface area contributed by atoms with Crippen LogP contribution in [0.5, 0.6) is 0 Å². The second-order valence-electron chi connectivity index (χ2n) is 3.36. The number of methoxy groups -OCH3 is 1. The highest BCUT2D eigenvalue weighted by Gasteiger charge is 2.21. The minimum Gasteiger partial charge on any atom is -0.493 e. The van der Waals surface area contributed by atoms with Gasteiger partial charge in [0.2, 0.25) is 0 Å². The van der Waals surface area contributed by atoms with E-state index in [2.05, 4.69) is 4.99 Å². The van der Waals surface area contributed by atoms with Crippen LogP contribution in [0.2, 0.25) is 0 Å². The Morgan fingerprint density at radius 1 is 1.62 bits per heavy atom. The first-order chi connectivity index (χ1) is 7.69. The van der Waals surface area contributed by atoms with E-state index < -0.39 is 12.0 Å². The zero-order chi connectivity index (χ0) is 12.0. The van der Waals surface area contributed by atoms with E-state index in [0.717, 1.165) is 12.5 Å². The molecular formula is C12H15F2NO. The number of hydrogen-bond acceptors (Lipinski definition) is 2. The number of halogens is 2. The van der Waals surface area contributed by atoms with Gasteiger partial charge in [0.1, 0.15) is 6.17 Å². The number of aliphatic imine (C=N–C) groups is 1. The Bertz CT molecular complexity index is 356. The maximum atomic E-state index is 13.3. The van der Waals surface area contributed by atoms with Gasteiger partial charge in [-0.1, -0.05) is 13.0 Å². The minimum absolute atomic E-state index is 0.0718. The van der Waals surface area contributed by atoms with Gasteiger partial charge in [-0.05, 0) is 12.5 Å². The van der Waals surface area contributed by atoms with Crippen LogP contribution >= 0.6 is 0 Å². The van der Waals surface area contributed by atoms with Crippen molar-refractivity contribution in [3.63, 3.8) is 0 Å². The van der Waals surface area contributed by atoms with E-state index in [1.807, 2.05) is 13.0 Å². The van der Waals surface area contributed by atoms with Crippen LogP contribution in [0.1, 0.15) is 19.8 Å². The highest BCUT2D eigenvalue weighted by atomic mass is 19.1. The molecule has 1 rings (SSSR count). The van der Waals surface area contributed by atoms with Crippen LogP contribution in [0.15, 0.2) is 40.5 Å². The fourth-order valence-corrected chi connectivity index (χ4v) is 1.39. The van der Waals surface area contributed by atoms with Gasteiger partial charge in [0.25, 0.3) is 0 Å². The molecule has 16 heavy (non-hydrogen) atoms. The topological polar surface area (TPSA) is 21.6 Å². The van der Waals surface area contributed by atoms with Crippen LogP contribution in [0.3, 0.4) is 0 Å². The summed E-state index contributed by atoms with van der Waals surface area (Å²) in [6, 6.07) is 0. The van der Waals surface area contributed by atoms with Crippen molar-refractivity contribution in [2.24, 2.45) is 4.99 Å². The molecule has 0 aromatic carbocycles. The van der Waals surface area contributed by atoms with Crippen molar-refractivity contribution >= 4 is 6.21 Å². The van der Waals surface area contributed by atoms with E-state index >= 15 is 0 Å². The number of alkyl halides is 1. The molecule has 2 nitrogen and oxygen atoms in total. The van der Waals surface area contributed by atoms with Crippen molar-refractivity contribution in [2.75, 3.05) is 7.11 Å². The van der Waals surface area contributed by atoms with Gasteiger partial charge in [0, 0.05) is 24.4 Å². The summed E-state index contributed by atoms with van der Waals surface area (Å²) >= 11 is 0. The van der Waals surface area contributed by atoms with Crippen LogP contribution < -0.4 is 0 Å². The molecule has 0 aliphatic heterocycles. The summed E-state index contributed by atoms with van der Waals surface area (Å²) < 4.78 is 31.2. The van der Waals surface area contributed by atoms with E-state index in [9.17, 15) is 8.78 Å². The molecule has 0 radical (unpaired) electrons. The zero-order valence-corrected chi connectivity index (χ0v) is 9.41. The Balaban J connectivity index is 2.85. The summed E-state index contributed by atoms with van der Waals surface area (Å²) in [5.41, 5.74) is 0.441. The normalized spacial score (nSPS) is 22.0. The smallest absolute Gasteiger partial charge is 0.164 e. The predicted molar refractivity (Wildman–Crippen MR) is 60.7 cm³/mol. The van der Waals surface area contributed by atoms with Crippen LogP contribution in [0.25, 0.3) is 0 Å². The Morgan fingerprint density at radius 2 is 2.38 bits per heavy atom. The molecule has 1 aliphatic rings. The summed E-state index contributed by atoms with van der Waals surface area (Å²) in [7, 11) is 1.36. The largest absolute Gasteiger partial charge is 0.493 e. The van der Waals surface area contributed by atoms with Crippen LogP contribution in [0, 0.1) is 0 Å². The van der Waals surface area contributed by atoms with Crippen molar-refractivity contribution in [1.29, 1.82) is 0 Å². The number of rotatable bonds is 4. The quantitative estimate of drug-likeness (QED) is 0.674. The molecule has 0 aromatic heterocycles. The van der Waals surface area contributed by atoms with E-state index in [4.69, 9.17) is 4.74 Å². The first kappa shape index (κ1) is 12.6. The molecule has 1 unspecified atom stereocenters. The van der Waals surface area contributed by atoms with Gasteiger partial charge < -0.3 is 4.74 Å². The van der Waals surface area contributed by atoms with Crippen LogP contribution in [0.4, 0.5) is 8.78 Å². The fourth-order valence-electron chi connectivity index (χ4n) is 1.39. The van der Waals surface area contributed by atoms with Gasteiger partial charge in [-0.25, -0.2) is 8.78 Å². The van der Waals surface area contributed by atoms with Crippen molar-refractivity contribution in [3.8, 4) is 0 Å². The van der Waals surface area contributed by atoms with Gasteiger partial charge in [0.15, 0.2) is 11.6 Å². The van der Waals surface area contributed by atoms with Gasteiger partial charge >= 0.3 is 0 Å². The molecule has 0 aromatic rings. The summed E-state index contributed by atoms with van der Waals surface area (Å²) in [5.74, 6) is -0.593. The standard InChI is InChI=1S/C12H15F2NO/c1-3-4-5-15-8-9-6-10(13)7-11(14)12(9)16-2/h4-5,7-8,10H,3,6H2,1-2H3/b5-4-,15-8+. The average Bonchev–Trinajstić information content (AvgIpc) is 2.24. The van der Waals surface area contributed by atoms with Crippen LogP contribution in [-0.4, -0.2) is 19.5 Å². The van der Waals surface area contributed by atoms with Crippen molar-refractivity contribution in [2.45, 2.75) is 25.9 Å². The number of allylic oxidation sites excluding steroid dienone is 4. The van der Waals surface area contributed by atoms with Crippen molar-refractivity contribution in [3.05, 3.63) is 35.5 Å². The maximum absolute atomic E-state index is 13.3. The lowest BCUT2D eigenvalue weighted by atomic mass is 10.0. The molecule has 0 spiro atoms. The third-order valence-electron chi connectivity index (χ3n) is 2.11. The fraction of sp³-hybridized carbons (Fsp3) is 0.417. The average molecular weight is 227 g/mol. The summed E-state index contributed by atoms with van der Waals surface area (Å²) in [5, 5.41) is 0. The second-order valence-corrected chi connectivity index (χ2v) is 3.36. The third kappa shape index (κ3) is 3.29. The number of ether oxygens (including phenoxy) is 1. The van der Waals surface area contributed by atoms with Crippen molar-refractivity contribution < 1.29 is 13.5 Å². The molecule has 0 amide bonds. The minimum atomic E-state index is -1.31. The van der Waals surface area contributed by atoms with E-state index in [-0.39, 0.29) is 12.2 Å². The van der Waals surface area contributed by atoms with E-state index in [1.165, 1.54) is 13.3 Å². The molecule has 1 aliphatic carbocycles. The molecule has 0 fully saturated rings. The lowest BCUT2D eigenvalue weighted by molar-refractivity contribution is 0.266. The molecule has 1 atom stereocenters. The highest BCUT2D eigenvalue weighted by molar-refractivity contribution is 5.81. The summed E-state index contributed by atoms with van der Waals surface area (Å²) in [4.78, 5) is 3.95. The summed E-state index contributed by atoms with van der Waals surface area (Å²) in [6.45, 7) is 1.98.